The first-order valence-corrected chi connectivity index (χ1v) is 9.23. The Bertz CT molecular complexity index is 1110. The number of aromatic nitrogens is 2. The van der Waals surface area contributed by atoms with Crippen LogP contribution in [0, 0.1) is 0 Å². The Kier molecular flexibility index (Phi) is 4.39. The van der Waals surface area contributed by atoms with Gasteiger partial charge in [-0.3, -0.25) is 14.2 Å². The van der Waals surface area contributed by atoms with E-state index in [1.54, 1.807) is 25.1 Å². The number of H-pyrrole nitrogens is 1. The van der Waals surface area contributed by atoms with E-state index in [1.807, 2.05) is 35.2 Å². The van der Waals surface area contributed by atoms with Gasteiger partial charge in [-0.2, -0.15) is 0 Å². The summed E-state index contributed by atoms with van der Waals surface area (Å²) in [6, 6.07) is 15.0. The maximum Gasteiger partial charge on any atom is 0.328 e. The summed E-state index contributed by atoms with van der Waals surface area (Å²) in [6.07, 6.45) is 1.89. The van der Waals surface area contributed by atoms with Gasteiger partial charge in [-0.1, -0.05) is 30.3 Å². The quantitative estimate of drug-likeness (QED) is 0.777. The number of aromatic amines is 1. The van der Waals surface area contributed by atoms with E-state index in [-0.39, 0.29) is 17.5 Å². The average molecular weight is 363 g/mol. The van der Waals surface area contributed by atoms with Crippen LogP contribution in [0.3, 0.4) is 0 Å². The molecule has 0 bridgehead atoms. The molecule has 1 aliphatic rings. The van der Waals surface area contributed by atoms with Crippen molar-refractivity contribution in [1.29, 1.82) is 0 Å². The van der Waals surface area contributed by atoms with Crippen LogP contribution >= 0.6 is 0 Å². The highest BCUT2D eigenvalue weighted by molar-refractivity contribution is 5.98. The molecule has 0 aliphatic carbocycles. The molecule has 0 radical (unpaired) electrons. The maximum absolute atomic E-state index is 13.1. The second kappa shape index (κ2) is 6.87. The number of nitrogens with one attached hydrogen (secondary N) is 1. The lowest BCUT2D eigenvalue weighted by Gasteiger charge is -2.25. The Labute approximate surface area is 156 Å². The van der Waals surface area contributed by atoms with Gasteiger partial charge in [0, 0.05) is 18.7 Å². The predicted octanol–water partition coefficient (Wildman–Crippen LogP) is 2.69. The largest absolute Gasteiger partial charge is 0.332 e. The number of amides is 1. The smallest absolute Gasteiger partial charge is 0.328 e. The number of hydrogen-bond donors (Lipinski definition) is 1. The van der Waals surface area contributed by atoms with Crippen LogP contribution in [0.25, 0.3) is 10.9 Å². The van der Waals surface area contributed by atoms with E-state index < -0.39 is 5.69 Å². The molecular weight excluding hydrogens is 342 g/mol. The summed E-state index contributed by atoms with van der Waals surface area (Å²) in [5.74, 6) is -0.0798. The molecule has 1 atom stereocenters. The van der Waals surface area contributed by atoms with Crippen molar-refractivity contribution in [1.82, 2.24) is 14.5 Å². The Balaban J connectivity index is 1.72. The second-order valence-electron chi connectivity index (χ2n) is 6.81. The van der Waals surface area contributed by atoms with Crippen LogP contribution in [0.1, 0.15) is 41.7 Å². The number of rotatable bonds is 3. The maximum atomic E-state index is 13.1. The topological polar surface area (TPSA) is 75.2 Å². The van der Waals surface area contributed by atoms with Crippen molar-refractivity contribution in [2.75, 3.05) is 6.54 Å². The number of carbonyl (C=O) groups is 1. The molecule has 1 aliphatic heterocycles. The van der Waals surface area contributed by atoms with Crippen molar-refractivity contribution in [2.24, 2.45) is 0 Å². The van der Waals surface area contributed by atoms with Gasteiger partial charge in [-0.15, -0.1) is 0 Å². The van der Waals surface area contributed by atoms with E-state index in [4.69, 9.17) is 0 Å². The van der Waals surface area contributed by atoms with Gasteiger partial charge in [0.1, 0.15) is 0 Å². The van der Waals surface area contributed by atoms with Crippen LogP contribution in [0.5, 0.6) is 0 Å². The minimum atomic E-state index is -0.456. The van der Waals surface area contributed by atoms with Gasteiger partial charge in [0.15, 0.2) is 0 Å². The molecule has 1 unspecified atom stereocenters. The van der Waals surface area contributed by atoms with Crippen LogP contribution in [0.15, 0.2) is 58.1 Å². The summed E-state index contributed by atoms with van der Waals surface area (Å²) in [4.78, 5) is 42.2. The molecule has 3 aromatic rings. The first-order chi connectivity index (χ1) is 13.1. The first kappa shape index (κ1) is 17.3. The highest BCUT2D eigenvalue weighted by Crippen LogP contribution is 2.33. The summed E-state index contributed by atoms with van der Waals surface area (Å²) >= 11 is 0. The average Bonchev–Trinajstić information content (AvgIpc) is 3.18. The monoisotopic (exact) mass is 363 g/mol. The highest BCUT2D eigenvalue weighted by Gasteiger charge is 2.30. The lowest BCUT2D eigenvalue weighted by atomic mass is 10.0. The standard InChI is InChI=1S/C21H21N3O3/c1-2-23-20(26)16-11-10-15(13-17(16)22-21(23)27)19(25)24-12-6-9-18(24)14-7-4-3-5-8-14/h3-5,7-8,10-11,13,18H,2,6,9,12H2,1H3,(H,22,27). The molecule has 1 saturated heterocycles. The number of hydrogen-bond acceptors (Lipinski definition) is 3. The lowest BCUT2D eigenvalue weighted by molar-refractivity contribution is 0.0736. The fourth-order valence-electron chi connectivity index (χ4n) is 3.87. The fourth-order valence-corrected chi connectivity index (χ4v) is 3.87. The summed E-state index contributed by atoms with van der Waals surface area (Å²) in [5, 5.41) is 0.411. The van der Waals surface area contributed by atoms with E-state index in [1.165, 1.54) is 0 Å². The van der Waals surface area contributed by atoms with Crippen LogP contribution in [0.2, 0.25) is 0 Å². The van der Waals surface area contributed by atoms with Crippen molar-refractivity contribution < 1.29 is 4.79 Å². The molecule has 2 aromatic carbocycles. The second-order valence-corrected chi connectivity index (χ2v) is 6.81. The third-order valence-electron chi connectivity index (χ3n) is 5.24. The molecule has 4 rings (SSSR count). The molecule has 6 heteroatoms. The number of nitrogens with zero attached hydrogens (tertiary/aromatic N) is 2. The molecule has 2 heterocycles. The number of fused-ring (bicyclic) bond motifs is 1. The van der Waals surface area contributed by atoms with Gasteiger partial charge in [-0.25, -0.2) is 4.79 Å². The highest BCUT2D eigenvalue weighted by atomic mass is 16.2. The number of likely N-dealkylation sites (tertiary alicyclic amines) is 1. The van der Waals surface area contributed by atoms with E-state index in [0.29, 0.717) is 29.6 Å². The Morgan fingerprint density at radius 1 is 1.15 bits per heavy atom. The molecule has 138 valence electrons. The molecule has 1 amide bonds. The van der Waals surface area contributed by atoms with E-state index in [9.17, 15) is 14.4 Å². The number of carbonyl (C=O) groups excluding carboxylic acids is 1. The summed E-state index contributed by atoms with van der Waals surface area (Å²) in [5.41, 5.74) is 1.22. The van der Waals surface area contributed by atoms with Crippen LogP contribution in [-0.4, -0.2) is 26.9 Å². The van der Waals surface area contributed by atoms with Gasteiger partial charge in [0.2, 0.25) is 0 Å². The lowest BCUT2D eigenvalue weighted by Crippen LogP contribution is -2.34. The molecule has 0 spiro atoms. The van der Waals surface area contributed by atoms with Crippen molar-refractivity contribution in [3.05, 3.63) is 80.5 Å². The third kappa shape index (κ3) is 2.97. The molecule has 27 heavy (non-hydrogen) atoms. The molecule has 6 nitrogen and oxygen atoms in total. The Morgan fingerprint density at radius 2 is 1.93 bits per heavy atom. The minimum Gasteiger partial charge on any atom is -0.332 e. The summed E-state index contributed by atoms with van der Waals surface area (Å²) in [6.45, 7) is 2.75. The van der Waals surface area contributed by atoms with Crippen LogP contribution < -0.4 is 11.2 Å². The van der Waals surface area contributed by atoms with Gasteiger partial charge < -0.3 is 9.88 Å². The number of benzene rings is 2. The molecule has 1 fully saturated rings. The van der Waals surface area contributed by atoms with Gasteiger partial charge >= 0.3 is 5.69 Å². The predicted molar refractivity (Wildman–Crippen MR) is 104 cm³/mol. The summed E-state index contributed by atoms with van der Waals surface area (Å²) in [7, 11) is 0. The Hall–Kier alpha value is -3.15. The van der Waals surface area contributed by atoms with E-state index in [2.05, 4.69) is 4.98 Å². The van der Waals surface area contributed by atoms with Crippen molar-refractivity contribution in [2.45, 2.75) is 32.4 Å². The fraction of sp³-hybridized carbons (Fsp3) is 0.286. The zero-order chi connectivity index (χ0) is 19.0. The molecule has 0 saturated carbocycles. The molecular formula is C21H21N3O3. The van der Waals surface area contributed by atoms with E-state index in [0.717, 1.165) is 23.0 Å². The van der Waals surface area contributed by atoms with Gasteiger partial charge in [0.25, 0.3) is 11.5 Å². The summed E-state index contributed by atoms with van der Waals surface area (Å²) < 4.78 is 1.15. The zero-order valence-electron chi connectivity index (χ0n) is 15.1. The molecule has 1 aromatic heterocycles. The van der Waals surface area contributed by atoms with Crippen molar-refractivity contribution >= 4 is 16.8 Å². The SMILES string of the molecule is CCn1c(=O)[nH]c2cc(C(=O)N3CCCC3c3ccccc3)ccc2c1=O. The minimum absolute atomic E-state index is 0.0570. The van der Waals surface area contributed by atoms with Gasteiger partial charge in [-0.05, 0) is 43.5 Å². The van der Waals surface area contributed by atoms with Crippen LogP contribution in [0.4, 0.5) is 0 Å². The molecule has 1 N–H and O–H groups in total. The normalized spacial score (nSPS) is 16.8. The van der Waals surface area contributed by atoms with Crippen molar-refractivity contribution in [3.63, 3.8) is 0 Å². The Morgan fingerprint density at radius 3 is 2.67 bits per heavy atom. The third-order valence-corrected chi connectivity index (χ3v) is 5.24. The van der Waals surface area contributed by atoms with Crippen LogP contribution in [-0.2, 0) is 6.54 Å². The van der Waals surface area contributed by atoms with Gasteiger partial charge in [0.05, 0.1) is 16.9 Å². The zero-order valence-corrected chi connectivity index (χ0v) is 15.1. The van der Waals surface area contributed by atoms with E-state index >= 15 is 0 Å². The van der Waals surface area contributed by atoms with Crippen molar-refractivity contribution in [3.8, 4) is 0 Å². The first-order valence-electron chi connectivity index (χ1n) is 9.23.